The van der Waals surface area contributed by atoms with Gasteiger partial charge in [-0.15, -0.1) is 0 Å². The molecule has 0 fully saturated rings. The molecule has 0 amide bonds. The van der Waals surface area contributed by atoms with Gasteiger partial charge in [-0.05, 0) is 43.2 Å². The largest absolute Gasteiger partial charge is 0.508 e. The first-order valence-electron chi connectivity index (χ1n) is 6.09. The number of aromatic hydroxyl groups is 1. The van der Waals surface area contributed by atoms with E-state index in [0.717, 1.165) is 17.8 Å². The number of phenols is 1. The number of benzene rings is 1. The van der Waals surface area contributed by atoms with Gasteiger partial charge in [-0.1, -0.05) is 18.2 Å². The average Bonchev–Trinajstić information content (AvgIpc) is 2.38. The van der Waals surface area contributed by atoms with E-state index in [9.17, 15) is 5.11 Å². The Bertz CT molecular complexity index is 508. The van der Waals surface area contributed by atoms with Crippen molar-refractivity contribution >= 4 is 0 Å². The van der Waals surface area contributed by atoms with Gasteiger partial charge >= 0.3 is 0 Å². The van der Waals surface area contributed by atoms with Crippen LogP contribution in [0.4, 0.5) is 0 Å². The summed E-state index contributed by atoms with van der Waals surface area (Å²) in [6.07, 6.45) is 1.87. The Kier molecular flexibility index (Phi) is 3.95. The molecule has 1 aromatic carbocycles. The van der Waals surface area contributed by atoms with Gasteiger partial charge in [-0.3, -0.25) is 4.98 Å². The summed E-state index contributed by atoms with van der Waals surface area (Å²) in [7, 11) is 0. The molecule has 0 radical (unpaired) electrons. The fourth-order valence-corrected chi connectivity index (χ4v) is 1.77. The van der Waals surface area contributed by atoms with E-state index in [-0.39, 0.29) is 6.04 Å². The van der Waals surface area contributed by atoms with Gasteiger partial charge in [-0.25, -0.2) is 0 Å². The van der Waals surface area contributed by atoms with Crippen LogP contribution in [0.5, 0.6) is 5.75 Å². The van der Waals surface area contributed by atoms with E-state index >= 15 is 0 Å². The van der Waals surface area contributed by atoms with Gasteiger partial charge < -0.3 is 10.4 Å². The van der Waals surface area contributed by atoms with Crippen molar-refractivity contribution in [1.82, 2.24) is 10.3 Å². The third-order valence-electron chi connectivity index (χ3n) is 2.93. The lowest BCUT2D eigenvalue weighted by atomic mass is 10.1. The number of nitrogens with one attached hydrogen (secondary N) is 1. The quantitative estimate of drug-likeness (QED) is 0.866. The average molecular weight is 242 g/mol. The van der Waals surface area contributed by atoms with Crippen LogP contribution in [0.15, 0.2) is 42.6 Å². The predicted octanol–water partition coefficient (Wildman–Crippen LogP) is 2.95. The van der Waals surface area contributed by atoms with E-state index < -0.39 is 0 Å². The second-order valence-electron chi connectivity index (χ2n) is 4.52. The van der Waals surface area contributed by atoms with Crippen molar-refractivity contribution in [2.75, 3.05) is 0 Å². The number of hydrogen-bond donors (Lipinski definition) is 2. The Balaban J connectivity index is 1.96. The molecule has 1 unspecified atom stereocenters. The molecule has 0 aliphatic heterocycles. The number of nitrogens with zero attached hydrogens (tertiary/aromatic N) is 1. The number of aromatic nitrogens is 1. The zero-order valence-electron chi connectivity index (χ0n) is 10.7. The molecule has 2 aromatic rings. The molecule has 2 rings (SSSR count). The fourth-order valence-electron chi connectivity index (χ4n) is 1.77. The van der Waals surface area contributed by atoms with Crippen LogP contribution in [0.2, 0.25) is 0 Å². The van der Waals surface area contributed by atoms with Gasteiger partial charge in [0.2, 0.25) is 0 Å². The molecular formula is C15H18N2O. The summed E-state index contributed by atoms with van der Waals surface area (Å²) in [5.41, 5.74) is 3.26. The molecule has 0 aliphatic carbocycles. The summed E-state index contributed by atoms with van der Waals surface area (Å²) in [6, 6.07) is 11.6. The van der Waals surface area contributed by atoms with Gasteiger partial charge in [0.15, 0.2) is 0 Å². The van der Waals surface area contributed by atoms with Crippen molar-refractivity contribution in [3.05, 3.63) is 59.4 Å². The second kappa shape index (κ2) is 5.65. The molecule has 0 saturated carbocycles. The summed E-state index contributed by atoms with van der Waals surface area (Å²) in [5, 5.41) is 12.8. The summed E-state index contributed by atoms with van der Waals surface area (Å²) in [6.45, 7) is 4.82. The fraction of sp³-hybridized carbons (Fsp3) is 0.267. The highest BCUT2D eigenvalue weighted by Gasteiger charge is 2.05. The third kappa shape index (κ3) is 3.31. The molecule has 0 aliphatic rings. The van der Waals surface area contributed by atoms with Gasteiger partial charge in [0, 0.05) is 18.8 Å². The van der Waals surface area contributed by atoms with Crippen LogP contribution in [0, 0.1) is 6.92 Å². The molecule has 3 nitrogen and oxygen atoms in total. The Morgan fingerprint density at radius 1 is 1.28 bits per heavy atom. The molecule has 94 valence electrons. The first kappa shape index (κ1) is 12.6. The van der Waals surface area contributed by atoms with Crippen molar-refractivity contribution in [2.24, 2.45) is 0 Å². The minimum absolute atomic E-state index is 0.181. The topological polar surface area (TPSA) is 45.1 Å². The summed E-state index contributed by atoms with van der Waals surface area (Å²) in [5.74, 6) is 0.301. The predicted molar refractivity (Wildman–Crippen MR) is 72.3 cm³/mol. The summed E-state index contributed by atoms with van der Waals surface area (Å²) >= 11 is 0. The van der Waals surface area contributed by atoms with Crippen molar-refractivity contribution in [3.8, 4) is 5.75 Å². The van der Waals surface area contributed by atoms with Crippen LogP contribution in [0.3, 0.4) is 0 Å². The molecule has 1 aromatic heterocycles. The number of hydrogen-bond acceptors (Lipinski definition) is 3. The SMILES string of the molecule is Cc1ccc(CNC(C)c2cccc(O)c2)nc1. The van der Waals surface area contributed by atoms with Gasteiger partial charge in [0.25, 0.3) is 0 Å². The highest BCUT2D eigenvalue weighted by Crippen LogP contribution is 2.17. The van der Waals surface area contributed by atoms with Crippen LogP contribution < -0.4 is 5.32 Å². The Hall–Kier alpha value is -1.87. The highest BCUT2D eigenvalue weighted by atomic mass is 16.3. The van der Waals surface area contributed by atoms with Crippen molar-refractivity contribution < 1.29 is 5.11 Å². The van der Waals surface area contributed by atoms with Crippen LogP contribution in [-0.2, 0) is 6.54 Å². The van der Waals surface area contributed by atoms with Gasteiger partial charge in [-0.2, -0.15) is 0 Å². The number of phenolic OH excluding ortho intramolecular Hbond substituents is 1. The van der Waals surface area contributed by atoms with E-state index in [0.29, 0.717) is 5.75 Å². The lowest BCUT2D eigenvalue weighted by Gasteiger charge is -2.14. The Morgan fingerprint density at radius 2 is 2.11 bits per heavy atom. The van der Waals surface area contributed by atoms with Crippen molar-refractivity contribution in [2.45, 2.75) is 26.4 Å². The van der Waals surface area contributed by atoms with E-state index in [4.69, 9.17) is 0 Å². The Morgan fingerprint density at radius 3 is 2.78 bits per heavy atom. The highest BCUT2D eigenvalue weighted by molar-refractivity contribution is 5.29. The molecule has 1 atom stereocenters. The monoisotopic (exact) mass is 242 g/mol. The van der Waals surface area contributed by atoms with Crippen LogP contribution >= 0.6 is 0 Å². The van der Waals surface area contributed by atoms with Crippen molar-refractivity contribution in [3.63, 3.8) is 0 Å². The minimum Gasteiger partial charge on any atom is -0.508 e. The van der Waals surface area contributed by atoms with Crippen LogP contribution in [0.25, 0.3) is 0 Å². The number of pyridine rings is 1. The maximum atomic E-state index is 9.44. The first-order chi connectivity index (χ1) is 8.65. The molecule has 1 heterocycles. The first-order valence-corrected chi connectivity index (χ1v) is 6.09. The maximum Gasteiger partial charge on any atom is 0.115 e. The third-order valence-corrected chi connectivity index (χ3v) is 2.93. The molecule has 0 saturated heterocycles. The molecule has 0 spiro atoms. The number of rotatable bonds is 4. The molecule has 3 heteroatoms. The van der Waals surface area contributed by atoms with Crippen molar-refractivity contribution in [1.29, 1.82) is 0 Å². The lowest BCUT2D eigenvalue weighted by molar-refractivity contribution is 0.472. The van der Waals surface area contributed by atoms with E-state index in [1.807, 2.05) is 31.3 Å². The standard InChI is InChI=1S/C15H18N2O/c1-11-6-7-14(17-9-11)10-16-12(2)13-4-3-5-15(18)8-13/h3-9,12,16,18H,10H2,1-2H3. The number of aryl methyl sites for hydroxylation is 1. The smallest absolute Gasteiger partial charge is 0.115 e. The molecule has 18 heavy (non-hydrogen) atoms. The van der Waals surface area contributed by atoms with Crippen LogP contribution in [-0.4, -0.2) is 10.1 Å². The summed E-state index contributed by atoms with van der Waals surface area (Å²) < 4.78 is 0. The molecular weight excluding hydrogens is 224 g/mol. The zero-order chi connectivity index (χ0) is 13.0. The maximum absolute atomic E-state index is 9.44. The van der Waals surface area contributed by atoms with E-state index in [1.54, 1.807) is 12.1 Å². The lowest BCUT2D eigenvalue weighted by Crippen LogP contribution is -2.18. The normalized spacial score (nSPS) is 12.3. The molecule has 0 bridgehead atoms. The summed E-state index contributed by atoms with van der Waals surface area (Å²) in [4.78, 5) is 4.35. The minimum atomic E-state index is 0.181. The van der Waals surface area contributed by atoms with E-state index in [1.165, 1.54) is 5.56 Å². The zero-order valence-corrected chi connectivity index (χ0v) is 10.7. The van der Waals surface area contributed by atoms with Gasteiger partial charge in [0.05, 0.1) is 5.69 Å². The molecule has 2 N–H and O–H groups in total. The van der Waals surface area contributed by atoms with Gasteiger partial charge in [0.1, 0.15) is 5.75 Å². The second-order valence-corrected chi connectivity index (χ2v) is 4.52. The van der Waals surface area contributed by atoms with E-state index in [2.05, 4.69) is 23.3 Å². The van der Waals surface area contributed by atoms with Crippen LogP contribution in [0.1, 0.15) is 29.8 Å². The Labute approximate surface area is 108 Å².